The summed E-state index contributed by atoms with van der Waals surface area (Å²) in [6, 6.07) is 8.33. The zero-order chi connectivity index (χ0) is 22.5. The molecule has 170 valence electrons. The number of H-pyrrole nitrogens is 1. The van der Waals surface area contributed by atoms with E-state index >= 15 is 0 Å². The minimum Gasteiger partial charge on any atom is -0.491 e. The van der Waals surface area contributed by atoms with Crippen LogP contribution in [0.15, 0.2) is 24.3 Å². The van der Waals surface area contributed by atoms with E-state index in [2.05, 4.69) is 46.1 Å². The van der Waals surface area contributed by atoms with Gasteiger partial charge in [0.25, 0.3) is 0 Å². The molecule has 1 aromatic carbocycles. The summed E-state index contributed by atoms with van der Waals surface area (Å²) < 4.78 is 30.8. The van der Waals surface area contributed by atoms with Crippen LogP contribution in [0.4, 0.5) is 0 Å². The Hall–Kier alpha value is -2.72. The van der Waals surface area contributed by atoms with E-state index in [1.165, 1.54) is 11.8 Å². The first-order valence-corrected chi connectivity index (χ1v) is 13.0. The number of nitrogens with one attached hydrogen (secondary N) is 1. The second-order valence-corrected chi connectivity index (χ2v) is 11.3. The summed E-state index contributed by atoms with van der Waals surface area (Å²) in [6.45, 7) is 7.03. The molecule has 1 fully saturated rings. The first-order chi connectivity index (χ1) is 15.3. The molecule has 0 saturated carbocycles. The molecule has 3 aromatic rings. The van der Waals surface area contributed by atoms with E-state index < -0.39 is 9.84 Å². The topological polar surface area (TPSA) is 106 Å². The standard InChI is InChI=1S/C22H28N6O3S/c1-14(2)21-23-22(25-24-21)18-11-17-6-8-31-20-5-4-15(10-19(20)28(17)26-18)16-12-27(13-16)7-9-32(3,29)30/h4-5,10-11,14,16H,6-9,12-13H2,1-3H3,(H,23,24,25). The minimum atomic E-state index is -2.93. The maximum absolute atomic E-state index is 11.4. The molecule has 4 heterocycles. The summed E-state index contributed by atoms with van der Waals surface area (Å²) in [5.41, 5.74) is 3.99. The van der Waals surface area contributed by atoms with Crippen LogP contribution in [0.3, 0.4) is 0 Å². The van der Waals surface area contributed by atoms with Crippen molar-refractivity contribution < 1.29 is 13.2 Å². The summed E-state index contributed by atoms with van der Waals surface area (Å²) >= 11 is 0. The molecule has 2 aliphatic rings. The van der Waals surface area contributed by atoms with Crippen LogP contribution >= 0.6 is 0 Å². The van der Waals surface area contributed by atoms with Crippen molar-refractivity contribution in [2.45, 2.75) is 32.1 Å². The number of fused-ring (bicyclic) bond motifs is 3. The average Bonchev–Trinajstić information content (AvgIpc) is 3.31. The molecule has 0 bridgehead atoms. The molecule has 2 aromatic heterocycles. The van der Waals surface area contributed by atoms with E-state index in [0.717, 1.165) is 48.2 Å². The highest BCUT2D eigenvalue weighted by molar-refractivity contribution is 7.90. The fraction of sp³-hybridized carbons (Fsp3) is 0.500. The molecule has 2 aliphatic heterocycles. The summed E-state index contributed by atoms with van der Waals surface area (Å²) in [7, 11) is -2.93. The Kier molecular flexibility index (Phi) is 5.29. The van der Waals surface area contributed by atoms with E-state index in [1.54, 1.807) is 0 Å². The third-order valence-corrected chi connectivity index (χ3v) is 7.00. The van der Waals surface area contributed by atoms with Gasteiger partial charge in [-0.3, -0.25) is 5.10 Å². The zero-order valence-corrected chi connectivity index (χ0v) is 19.4. The maximum atomic E-state index is 11.4. The van der Waals surface area contributed by atoms with Crippen molar-refractivity contribution in [2.24, 2.45) is 0 Å². The van der Waals surface area contributed by atoms with Crippen molar-refractivity contribution in [1.29, 1.82) is 0 Å². The Labute approximate surface area is 187 Å². The van der Waals surface area contributed by atoms with Gasteiger partial charge in [0.2, 0.25) is 0 Å². The lowest BCUT2D eigenvalue weighted by Crippen LogP contribution is -2.46. The molecule has 0 unspecified atom stereocenters. The van der Waals surface area contributed by atoms with Gasteiger partial charge >= 0.3 is 0 Å². The Bertz CT molecular complexity index is 1240. The van der Waals surface area contributed by atoms with E-state index in [4.69, 9.17) is 9.84 Å². The average molecular weight is 457 g/mol. The molecular formula is C22H28N6O3S. The summed E-state index contributed by atoms with van der Waals surface area (Å²) in [5.74, 6) is 3.10. The molecule has 1 N–H and O–H groups in total. The van der Waals surface area contributed by atoms with E-state index in [1.807, 2.05) is 16.8 Å². The Morgan fingerprint density at radius 2 is 2.06 bits per heavy atom. The van der Waals surface area contributed by atoms with Gasteiger partial charge in [-0.1, -0.05) is 19.9 Å². The highest BCUT2D eigenvalue weighted by Crippen LogP contribution is 2.34. The van der Waals surface area contributed by atoms with Gasteiger partial charge in [0.05, 0.1) is 12.4 Å². The van der Waals surface area contributed by atoms with Crippen LogP contribution in [0.25, 0.3) is 17.2 Å². The quantitative estimate of drug-likeness (QED) is 0.606. The molecule has 0 amide bonds. The van der Waals surface area contributed by atoms with Crippen molar-refractivity contribution in [3.63, 3.8) is 0 Å². The van der Waals surface area contributed by atoms with Gasteiger partial charge in [0.15, 0.2) is 11.6 Å². The number of ether oxygens (including phenoxy) is 1. The summed E-state index contributed by atoms with van der Waals surface area (Å²) in [5, 5.41) is 12.1. The number of likely N-dealkylation sites (tertiary alicyclic amines) is 1. The fourth-order valence-corrected chi connectivity index (χ4v) is 4.76. The first-order valence-electron chi connectivity index (χ1n) is 11.0. The van der Waals surface area contributed by atoms with Crippen molar-refractivity contribution in [3.05, 3.63) is 41.3 Å². The first kappa shape index (κ1) is 21.1. The number of aromatic amines is 1. The van der Waals surface area contributed by atoms with Gasteiger partial charge in [0.1, 0.15) is 27.0 Å². The van der Waals surface area contributed by atoms with Crippen LogP contribution < -0.4 is 4.74 Å². The molecule has 0 radical (unpaired) electrons. The number of nitrogens with zero attached hydrogens (tertiary/aromatic N) is 5. The monoisotopic (exact) mass is 456 g/mol. The van der Waals surface area contributed by atoms with E-state index in [0.29, 0.717) is 24.9 Å². The molecule has 1 saturated heterocycles. The third-order valence-electron chi connectivity index (χ3n) is 6.08. The van der Waals surface area contributed by atoms with E-state index in [-0.39, 0.29) is 11.7 Å². The molecule has 0 atom stereocenters. The molecular weight excluding hydrogens is 428 g/mol. The lowest BCUT2D eigenvalue weighted by atomic mass is 9.91. The number of rotatable bonds is 6. The van der Waals surface area contributed by atoms with Crippen molar-refractivity contribution in [2.75, 3.05) is 38.2 Å². The number of aromatic nitrogens is 5. The normalized spacial score (nSPS) is 16.9. The zero-order valence-electron chi connectivity index (χ0n) is 18.6. The molecule has 5 rings (SSSR count). The maximum Gasteiger partial charge on any atom is 0.176 e. The van der Waals surface area contributed by atoms with E-state index in [9.17, 15) is 8.42 Å². The molecule has 0 aliphatic carbocycles. The Balaban J connectivity index is 1.39. The number of hydrogen-bond acceptors (Lipinski definition) is 7. The molecule has 9 nitrogen and oxygen atoms in total. The molecule has 0 spiro atoms. The lowest BCUT2D eigenvalue weighted by molar-refractivity contribution is 0.158. The van der Waals surface area contributed by atoms with Gasteiger partial charge in [0, 0.05) is 49.8 Å². The largest absolute Gasteiger partial charge is 0.491 e. The highest BCUT2D eigenvalue weighted by Gasteiger charge is 2.30. The van der Waals surface area contributed by atoms with Gasteiger partial charge < -0.3 is 9.64 Å². The SMILES string of the molecule is CC(C)c1n[nH]c(-c2cc3n(n2)-c2cc(C4CN(CCS(C)(=O)=O)C4)ccc2OCC3)n1. The summed E-state index contributed by atoms with van der Waals surface area (Å²) in [4.78, 5) is 6.77. The van der Waals surface area contributed by atoms with Gasteiger partial charge in [-0.15, -0.1) is 0 Å². The second kappa shape index (κ2) is 8.00. The minimum absolute atomic E-state index is 0.206. The van der Waals surface area contributed by atoms with Crippen LogP contribution in [0.1, 0.15) is 42.8 Å². The van der Waals surface area contributed by atoms with Crippen LogP contribution in [-0.4, -0.2) is 76.5 Å². The predicted molar refractivity (Wildman–Crippen MR) is 121 cm³/mol. The fourth-order valence-electron chi connectivity index (χ4n) is 4.17. The number of benzene rings is 1. The van der Waals surface area contributed by atoms with Crippen LogP contribution in [0.2, 0.25) is 0 Å². The van der Waals surface area contributed by atoms with Crippen LogP contribution in [0, 0.1) is 0 Å². The smallest absolute Gasteiger partial charge is 0.176 e. The van der Waals surface area contributed by atoms with Gasteiger partial charge in [-0.25, -0.2) is 18.1 Å². The Morgan fingerprint density at radius 3 is 2.78 bits per heavy atom. The molecule has 10 heteroatoms. The highest BCUT2D eigenvalue weighted by atomic mass is 32.2. The number of hydrogen-bond donors (Lipinski definition) is 1. The van der Waals surface area contributed by atoms with Gasteiger partial charge in [-0.2, -0.15) is 10.2 Å². The van der Waals surface area contributed by atoms with Crippen molar-refractivity contribution in [3.8, 4) is 23.0 Å². The number of sulfone groups is 1. The predicted octanol–water partition coefficient (Wildman–Crippen LogP) is 2.16. The van der Waals surface area contributed by atoms with Crippen molar-refractivity contribution >= 4 is 9.84 Å². The Morgan fingerprint density at radius 1 is 1.25 bits per heavy atom. The third kappa shape index (κ3) is 4.16. The van der Waals surface area contributed by atoms with Gasteiger partial charge in [-0.05, 0) is 23.8 Å². The molecule has 32 heavy (non-hydrogen) atoms. The van der Waals surface area contributed by atoms with Crippen LogP contribution in [0.5, 0.6) is 5.75 Å². The van der Waals surface area contributed by atoms with Crippen molar-refractivity contribution in [1.82, 2.24) is 29.9 Å². The second-order valence-electron chi connectivity index (χ2n) is 9.04. The lowest BCUT2D eigenvalue weighted by Gasteiger charge is -2.39. The summed E-state index contributed by atoms with van der Waals surface area (Å²) in [6.07, 6.45) is 2.04. The van der Waals surface area contributed by atoms with Crippen LogP contribution in [-0.2, 0) is 16.3 Å².